The molecule has 1 aromatic carbocycles. The summed E-state index contributed by atoms with van der Waals surface area (Å²) >= 11 is 0. The van der Waals surface area contributed by atoms with Gasteiger partial charge < -0.3 is 11.1 Å². The summed E-state index contributed by atoms with van der Waals surface area (Å²) in [4.78, 5) is 12.3. The van der Waals surface area contributed by atoms with Crippen LogP contribution in [0, 0.1) is 5.41 Å². The zero-order chi connectivity index (χ0) is 13.6. The van der Waals surface area contributed by atoms with Gasteiger partial charge in [0, 0.05) is 12.2 Å². The molecule has 1 aromatic rings. The van der Waals surface area contributed by atoms with Gasteiger partial charge in [0.15, 0.2) is 0 Å². The van der Waals surface area contributed by atoms with Crippen molar-refractivity contribution >= 4 is 11.6 Å². The van der Waals surface area contributed by atoms with Crippen LogP contribution >= 0.6 is 0 Å². The molecule has 0 fully saturated rings. The Kier molecular flexibility index (Phi) is 5.35. The Morgan fingerprint density at radius 2 is 1.72 bits per heavy atom. The number of hydrogen-bond donors (Lipinski definition) is 2. The van der Waals surface area contributed by atoms with Gasteiger partial charge in [0.1, 0.15) is 0 Å². The van der Waals surface area contributed by atoms with Gasteiger partial charge >= 0.3 is 0 Å². The summed E-state index contributed by atoms with van der Waals surface area (Å²) in [5, 5.41) is 2.97. The zero-order valence-electron chi connectivity index (χ0n) is 11.6. The smallest absolute Gasteiger partial charge is 0.231 e. The van der Waals surface area contributed by atoms with Gasteiger partial charge in [-0.25, -0.2) is 0 Å². The third kappa shape index (κ3) is 3.10. The first kappa shape index (κ1) is 14.7. The molecule has 1 rings (SSSR count). The molecule has 0 aliphatic carbocycles. The molecule has 0 heterocycles. The van der Waals surface area contributed by atoms with Gasteiger partial charge in [-0.15, -0.1) is 0 Å². The van der Waals surface area contributed by atoms with E-state index < -0.39 is 5.41 Å². The van der Waals surface area contributed by atoms with Gasteiger partial charge in [0.2, 0.25) is 5.91 Å². The first-order valence-corrected chi connectivity index (χ1v) is 6.72. The molecule has 3 nitrogen and oxygen atoms in total. The molecule has 3 heteroatoms. The minimum absolute atomic E-state index is 0.0271. The van der Waals surface area contributed by atoms with E-state index in [0.717, 1.165) is 24.9 Å². The molecule has 0 saturated heterocycles. The lowest BCUT2D eigenvalue weighted by Gasteiger charge is -2.28. The van der Waals surface area contributed by atoms with Crippen LogP contribution in [0.15, 0.2) is 24.3 Å². The molecule has 0 aliphatic rings. The van der Waals surface area contributed by atoms with E-state index in [-0.39, 0.29) is 5.91 Å². The Balaban J connectivity index is 2.79. The van der Waals surface area contributed by atoms with Crippen LogP contribution in [0.3, 0.4) is 0 Å². The molecule has 0 aliphatic heterocycles. The maximum Gasteiger partial charge on any atom is 0.231 e. The monoisotopic (exact) mass is 248 g/mol. The maximum atomic E-state index is 12.3. The fourth-order valence-electron chi connectivity index (χ4n) is 2.04. The molecule has 0 atom stereocenters. The Morgan fingerprint density at radius 3 is 2.11 bits per heavy atom. The van der Waals surface area contributed by atoms with E-state index in [2.05, 4.69) is 12.2 Å². The highest BCUT2D eigenvalue weighted by Crippen LogP contribution is 2.27. The lowest BCUT2D eigenvalue weighted by molar-refractivity contribution is -0.125. The zero-order valence-corrected chi connectivity index (χ0v) is 11.6. The number of aryl methyl sites for hydroxylation is 1. The molecular formula is C15H24N2O. The summed E-state index contributed by atoms with van der Waals surface area (Å²) in [6.07, 6.45) is 2.53. The van der Waals surface area contributed by atoms with Crippen LogP contribution in [-0.4, -0.2) is 12.5 Å². The Morgan fingerprint density at radius 1 is 1.17 bits per heavy atom. The molecule has 0 aromatic heterocycles. The van der Waals surface area contributed by atoms with Crippen molar-refractivity contribution < 1.29 is 4.79 Å². The summed E-state index contributed by atoms with van der Waals surface area (Å²) in [7, 11) is 0. The SMILES string of the molecule is CCc1ccc(NC(=O)C(CC)(CC)CN)cc1. The van der Waals surface area contributed by atoms with E-state index in [1.807, 2.05) is 38.1 Å². The number of carbonyl (C=O) groups is 1. The van der Waals surface area contributed by atoms with E-state index in [9.17, 15) is 4.79 Å². The lowest BCUT2D eigenvalue weighted by Crippen LogP contribution is -2.41. The highest BCUT2D eigenvalue weighted by Gasteiger charge is 2.33. The Bertz CT molecular complexity index is 372. The highest BCUT2D eigenvalue weighted by molar-refractivity contribution is 5.95. The minimum atomic E-state index is -0.441. The number of carbonyl (C=O) groups excluding carboxylic acids is 1. The standard InChI is InChI=1S/C15H24N2O/c1-4-12-7-9-13(10-8-12)17-14(18)15(5-2,6-3)11-16/h7-10H,4-6,11,16H2,1-3H3,(H,17,18). The van der Waals surface area contributed by atoms with Crippen molar-refractivity contribution in [1.29, 1.82) is 0 Å². The lowest BCUT2D eigenvalue weighted by atomic mass is 9.81. The van der Waals surface area contributed by atoms with E-state index in [4.69, 9.17) is 5.73 Å². The molecule has 0 radical (unpaired) electrons. The molecule has 0 spiro atoms. The summed E-state index contributed by atoms with van der Waals surface area (Å²) in [6, 6.07) is 7.97. The van der Waals surface area contributed by atoms with Gasteiger partial charge in [-0.2, -0.15) is 0 Å². The average Bonchev–Trinajstić information content (AvgIpc) is 2.42. The average molecular weight is 248 g/mol. The third-order valence-corrected chi connectivity index (χ3v) is 3.85. The number of benzene rings is 1. The molecule has 100 valence electrons. The van der Waals surface area contributed by atoms with Crippen LogP contribution in [0.1, 0.15) is 39.2 Å². The fourth-order valence-corrected chi connectivity index (χ4v) is 2.04. The number of amides is 1. The van der Waals surface area contributed by atoms with Gasteiger partial charge in [0.05, 0.1) is 5.41 Å². The van der Waals surface area contributed by atoms with E-state index >= 15 is 0 Å². The van der Waals surface area contributed by atoms with E-state index in [1.165, 1.54) is 5.56 Å². The Hall–Kier alpha value is -1.35. The van der Waals surface area contributed by atoms with Crippen molar-refractivity contribution in [3.63, 3.8) is 0 Å². The van der Waals surface area contributed by atoms with Gasteiger partial charge in [-0.3, -0.25) is 4.79 Å². The van der Waals surface area contributed by atoms with Gasteiger partial charge in [-0.05, 0) is 37.0 Å². The molecule has 1 amide bonds. The second-order valence-electron chi connectivity index (χ2n) is 4.70. The topological polar surface area (TPSA) is 55.1 Å². The predicted octanol–water partition coefficient (Wildman–Crippen LogP) is 2.95. The molecule has 0 saturated carbocycles. The predicted molar refractivity (Wildman–Crippen MR) is 76.5 cm³/mol. The van der Waals surface area contributed by atoms with Crippen molar-refractivity contribution in [2.24, 2.45) is 11.1 Å². The molecule has 0 unspecified atom stereocenters. The summed E-state index contributed by atoms with van der Waals surface area (Å²) in [6.45, 7) is 6.52. The van der Waals surface area contributed by atoms with Gasteiger partial charge in [-0.1, -0.05) is 32.9 Å². The van der Waals surface area contributed by atoms with E-state index in [0.29, 0.717) is 6.54 Å². The summed E-state index contributed by atoms with van der Waals surface area (Å²) in [5.74, 6) is 0.0271. The van der Waals surface area contributed by atoms with Crippen molar-refractivity contribution in [3.05, 3.63) is 29.8 Å². The number of anilines is 1. The van der Waals surface area contributed by atoms with Crippen LogP contribution < -0.4 is 11.1 Å². The van der Waals surface area contributed by atoms with Crippen molar-refractivity contribution in [3.8, 4) is 0 Å². The quantitative estimate of drug-likeness (QED) is 0.813. The molecular weight excluding hydrogens is 224 g/mol. The summed E-state index contributed by atoms with van der Waals surface area (Å²) < 4.78 is 0. The highest BCUT2D eigenvalue weighted by atomic mass is 16.2. The van der Waals surface area contributed by atoms with Crippen molar-refractivity contribution in [1.82, 2.24) is 0 Å². The largest absolute Gasteiger partial charge is 0.329 e. The van der Waals surface area contributed by atoms with Crippen LogP contribution in [0.4, 0.5) is 5.69 Å². The molecule has 18 heavy (non-hydrogen) atoms. The molecule has 3 N–H and O–H groups in total. The third-order valence-electron chi connectivity index (χ3n) is 3.85. The number of nitrogens with two attached hydrogens (primary N) is 1. The normalized spacial score (nSPS) is 11.3. The van der Waals surface area contributed by atoms with Crippen LogP contribution in [-0.2, 0) is 11.2 Å². The second-order valence-corrected chi connectivity index (χ2v) is 4.70. The van der Waals surface area contributed by atoms with Crippen LogP contribution in [0.5, 0.6) is 0 Å². The molecule has 0 bridgehead atoms. The van der Waals surface area contributed by atoms with Crippen LogP contribution in [0.2, 0.25) is 0 Å². The Labute approximate surface area is 110 Å². The first-order valence-electron chi connectivity index (χ1n) is 6.72. The fraction of sp³-hybridized carbons (Fsp3) is 0.533. The second kappa shape index (κ2) is 6.55. The first-order chi connectivity index (χ1) is 8.61. The minimum Gasteiger partial charge on any atom is -0.329 e. The maximum absolute atomic E-state index is 12.3. The van der Waals surface area contributed by atoms with Crippen molar-refractivity contribution in [2.45, 2.75) is 40.0 Å². The summed E-state index contributed by atoms with van der Waals surface area (Å²) in [5.41, 5.74) is 7.44. The number of hydrogen-bond acceptors (Lipinski definition) is 2. The number of rotatable bonds is 6. The van der Waals surface area contributed by atoms with Gasteiger partial charge in [0.25, 0.3) is 0 Å². The number of nitrogens with one attached hydrogen (secondary N) is 1. The van der Waals surface area contributed by atoms with Crippen molar-refractivity contribution in [2.75, 3.05) is 11.9 Å². The van der Waals surface area contributed by atoms with E-state index in [1.54, 1.807) is 0 Å². The van der Waals surface area contributed by atoms with Crippen LogP contribution in [0.25, 0.3) is 0 Å².